The Hall–Kier alpha value is -1.00. The Balaban J connectivity index is 2.25. The molecule has 0 radical (unpaired) electrons. The number of rotatable bonds is 5. The number of ether oxygens (including phenoxy) is 1. The van der Waals surface area contributed by atoms with Gasteiger partial charge in [0, 0.05) is 27.7 Å². The van der Waals surface area contributed by atoms with Crippen molar-refractivity contribution in [3.63, 3.8) is 0 Å². The molecule has 0 bridgehead atoms. The van der Waals surface area contributed by atoms with Gasteiger partial charge in [-0.1, -0.05) is 34.8 Å². The fourth-order valence-electron chi connectivity index (χ4n) is 1.90. The third-order valence-corrected chi connectivity index (χ3v) is 3.70. The minimum atomic E-state index is -0.365. The van der Waals surface area contributed by atoms with Gasteiger partial charge < -0.3 is 10.1 Å². The average Bonchev–Trinajstić information content (AvgIpc) is 2.41. The second-order valence-corrected chi connectivity index (χ2v) is 5.68. The van der Waals surface area contributed by atoms with Gasteiger partial charge in [-0.2, -0.15) is 0 Å². The predicted molar refractivity (Wildman–Crippen MR) is 85.0 cm³/mol. The van der Waals surface area contributed by atoms with Crippen molar-refractivity contribution in [2.24, 2.45) is 0 Å². The highest BCUT2D eigenvalue weighted by atomic mass is 35.5. The molecular formula is C15H13Cl3FNO. The second kappa shape index (κ2) is 7.32. The van der Waals surface area contributed by atoms with Crippen molar-refractivity contribution < 1.29 is 9.13 Å². The molecule has 0 amide bonds. The van der Waals surface area contributed by atoms with Crippen LogP contribution in [-0.4, -0.2) is 7.05 Å². The molecule has 0 aliphatic heterocycles. The predicted octanol–water partition coefficient (Wildman–Crippen LogP) is 5.08. The van der Waals surface area contributed by atoms with Crippen molar-refractivity contribution >= 4 is 34.8 Å². The minimum Gasteiger partial charge on any atom is -0.487 e. The Morgan fingerprint density at radius 3 is 2.52 bits per heavy atom. The second-order valence-electron chi connectivity index (χ2n) is 4.43. The van der Waals surface area contributed by atoms with E-state index in [2.05, 4.69) is 5.32 Å². The first-order valence-electron chi connectivity index (χ1n) is 6.20. The summed E-state index contributed by atoms with van der Waals surface area (Å²) in [5.41, 5.74) is 1.38. The largest absolute Gasteiger partial charge is 0.487 e. The van der Waals surface area contributed by atoms with Crippen LogP contribution in [0.25, 0.3) is 0 Å². The van der Waals surface area contributed by atoms with Crippen LogP contribution in [0.15, 0.2) is 30.3 Å². The molecule has 2 nitrogen and oxygen atoms in total. The summed E-state index contributed by atoms with van der Waals surface area (Å²) in [5, 5.41) is 4.39. The molecule has 0 heterocycles. The fourth-order valence-corrected chi connectivity index (χ4v) is 2.66. The van der Waals surface area contributed by atoms with E-state index in [0.717, 1.165) is 5.56 Å². The first kappa shape index (κ1) is 16.4. The summed E-state index contributed by atoms with van der Waals surface area (Å²) in [5.74, 6) is 0.145. The normalized spacial score (nSPS) is 10.7. The molecule has 112 valence electrons. The summed E-state index contributed by atoms with van der Waals surface area (Å²) in [6, 6.07) is 7.50. The van der Waals surface area contributed by atoms with Gasteiger partial charge in [-0.25, -0.2) is 4.39 Å². The van der Waals surface area contributed by atoms with Gasteiger partial charge in [-0.05, 0) is 37.4 Å². The van der Waals surface area contributed by atoms with Crippen LogP contribution in [0.1, 0.15) is 11.1 Å². The van der Waals surface area contributed by atoms with Crippen molar-refractivity contribution in [1.82, 2.24) is 5.32 Å². The summed E-state index contributed by atoms with van der Waals surface area (Å²) >= 11 is 18.2. The van der Waals surface area contributed by atoms with Gasteiger partial charge in [-0.3, -0.25) is 0 Å². The fraction of sp³-hybridized carbons (Fsp3) is 0.200. The Morgan fingerprint density at radius 1 is 1.05 bits per heavy atom. The van der Waals surface area contributed by atoms with Gasteiger partial charge in [0.15, 0.2) is 0 Å². The molecular weight excluding hydrogens is 336 g/mol. The lowest BCUT2D eigenvalue weighted by Crippen LogP contribution is -2.08. The van der Waals surface area contributed by atoms with E-state index in [0.29, 0.717) is 32.9 Å². The lowest BCUT2D eigenvalue weighted by atomic mass is 10.2. The first-order valence-corrected chi connectivity index (χ1v) is 7.34. The van der Waals surface area contributed by atoms with E-state index in [1.54, 1.807) is 12.1 Å². The highest BCUT2D eigenvalue weighted by molar-refractivity contribution is 6.35. The zero-order valence-corrected chi connectivity index (χ0v) is 13.5. The molecule has 2 rings (SSSR count). The van der Waals surface area contributed by atoms with Crippen LogP contribution < -0.4 is 10.1 Å². The van der Waals surface area contributed by atoms with Crippen molar-refractivity contribution in [1.29, 1.82) is 0 Å². The molecule has 0 aliphatic rings. The molecule has 0 saturated heterocycles. The smallest absolute Gasteiger partial charge is 0.142 e. The lowest BCUT2D eigenvalue weighted by Gasteiger charge is -2.14. The van der Waals surface area contributed by atoms with Crippen LogP contribution in [-0.2, 0) is 13.2 Å². The van der Waals surface area contributed by atoms with Gasteiger partial charge in [0.05, 0.1) is 5.02 Å². The molecule has 1 N–H and O–H groups in total. The van der Waals surface area contributed by atoms with Crippen LogP contribution in [0.5, 0.6) is 5.75 Å². The highest BCUT2D eigenvalue weighted by Gasteiger charge is 2.12. The molecule has 0 aliphatic carbocycles. The summed E-state index contributed by atoms with van der Waals surface area (Å²) < 4.78 is 19.0. The van der Waals surface area contributed by atoms with E-state index in [9.17, 15) is 4.39 Å². The summed E-state index contributed by atoms with van der Waals surface area (Å²) in [6.07, 6.45) is 0. The Morgan fingerprint density at radius 2 is 1.81 bits per heavy atom. The van der Waals surface area contributed by atoms with E-state index in [1.807, 2.05) is 7.05 Å². The first-order chi connectivity index (χ1) is 10.0. The van der Waals surface area contributed by atoms with Crippen molar-refractivity contribution in [2.75, 3.05) is 7.05 Å². The molecule has 2 aromatic carbocycles. The number of halogens is 4. The monoisotopic (exact) mass is 347 g/mol. The Bertz CT molecular complexity index is 649. The molecule has 2 aromatic rings. The number of hydrogen-bond donors (Lipinski definition) is 1. The van der Waals surface area contributed by atoms with Gasteiger partial charge in [0.1, 0.15) is 18.2 Å². The molecule has 0 spiro atoms. The third-order valence-electron chi connectivity index (χ3n) is 2.83. The Labute approximate surface area is 137 Å². The number of benzene rings is 2. The Kier molecular flexibility index (Phi) is 5.71. The zero-order chi connectivity index (χ0) is 15.4. The van der Waals surface area contributed by atoms with E-state index in [1.165, 1.54) is 18.2 Å². The van der Waals surface area contributed by atoms with Crippen LogP contribution in [0, 0.1) is 5.82 Å². The van der Waals surface area contributed by atoms with E-state index in [4.69, 9.17) is 39.5 Å². The van der Waals surface area contributed by atoms with Crippen LogP contribution in [0.3, 0.4) is 0 Å². The highest BCUT2D eigenvalue weighted by Crippen LogP contribution is 2.33. The maximum Gasteiger partial charge on any atom is 0.142 e. The maximum absolute atomic E-state index is 13.2. The van der Waals surface area contributed by atoms with Crippen LogP contribution in [0.2, 0.25) is 15.1 Å². The molecule has 0 aromatic heterocycles. The van der Waals surface area contributed by atoms with Crippen molar-refractivity contribution in [2.45, 2.75) is 13.2 Å². The summed E-state index contributed by atoms with van der Waals surface area (Å²) in [4.78, 5) is 0. The molecule has 0 saturated carbocycles. The van der Waals surface area contributed by atoms with Crippen molar-refractivity contribution in [3.8, 4) is 5.75 Å². The SMILES string of the molecule is CNCc1cc(Cl)cc(Cl)c1OCc1cc(F)ccc1Cl. The lowest BCUT2D eigenvalue weighted by molar-refractivity contribution is 0.302. The molecule has 0 unspecified atom stereocenters. The van der Waals surface area contributed by atoms with Gasteiger partial charge in [0.2, 0.25) is 0 Å². The number of nitrogens with one attached hydrogen (secondary N) is 1. The number of hydrogen-bond acceptors (Lipinski definition) is 2. The summed E-state index contributed by atoms with van der Waals surface area (Å²) in [7, 11) is 1.81. The van der Waals surface area contributed by atoms with E-state index in [-0.39, 0.29) is 12.4 Å². The van der Waals surface area contributed by atoms with E-state index >= 15 is 0 Å². The van der Waals surface area contributed by atoms with Crippen molar-refractivity contribution in [3.05, 3.63) is 62.3 Å². The quantitative estimate of drug-likeness (QED) is 0.813. The average molecular weight is 349 g/mol. The van der Waals surface area contributed by atoms with Crippen LogP contribution in [0.4, 0.5) is 4.39 Å². The van der Waals surface area contributed by atoms with Gasteiger partial charge in [0.25, 0.3) is 0 Å². The molecule has 0 fully saturated rings. The summed E-state index contributed by atoms with van der Waals surface area (Å²) in [6.45, 7) is 0.668. The molecule has 0 atom stereocenters. The topological polar surface area (TPSA) is 21.3 Å². The minimum absolute atomic E-state index is 0.120. The molecule has 21 heavy (non-hydrogen) atoms. The van der Waals surface area contributed by atoms with Gasteiger partial charge >= 0.3 is 0 Å². The van der Waals surface area contributed by atoms with E-state index < -0.39 is 0 Å². The van der Waals surface area contributed by atoms with Gasteiger partial charge in [-0.15, -0.1) is 0 Å². The van der Waals surface area contributed by atoms with Crippen LogP contribution >= 0.6 is 34.8 Å². The third kappa shape index (κ3) is 4.24. The zero-order valence-electron chi connectivity index (χ0n) is 11.2. The standard InChI is InChI=1S/C15H13Cl3FNO/c1-20-7-9-4-11(16)6-14(18)15(9)21-8-10-5-12(19)2-3-13(10)17/h2-6,20H,7-8H2,1H3. The maximum atomic E-state index is 13.2. The molecule has 6 heteroatoms.